The van der Waals surface area contributed by atoms with E-state index < -0.39 is 0 Å². The van der Waals surface area contributed by atoms with Crippen molar-refractivity contribution in [2.75, 3.05) is 18.2 Å². The van der Waals surface area contributed by atoms with E-state index in [2.05, 4.69) is 20.8 Å². The Morgan fingerprint density at radius 2 is 1.69 bits per heavy atom. The van der Waals surface area contributed by atoms with Crippen molar-refractivity contribution >= 4 is 29.3 Å². The molecule has 3 aromatic carbocycles. The Bertz CT molecular complexity index is 1300. The zero-order chi connectivity index (χ0) is 24.6. The fourth-order valence-electron chi connectivity index (χ4n) is 3.21. The maximum absolute atomic E-state index is 13.5. The highest BCUT2D eigenvalue weighted by molar-refractivity contribution is 7.99. The number of anilines is 1. The van der Waals surface area contributed by atoms with Crippen molar-refractivity contribution in [3.8, 4) is 11.4 Å². The smallest absolute Gasteiger partial charge is 0.251 e. The Balaban J connectivity index is 1.48. The Kier molecular flexibility index (Phi) is 7.74. The molecule has 2 amide bonds. The minimum Gasteiger partial charge on any atom is -0.497 e. The first-order valence-electron chi connectivity index (χ1n) is 10.6. The first kappa shape index (κ1) is 24.0. The highest BCUT2D eigenvalue weighted by atomic mass is 32.2. The van der Waals surface area contributed by atoms with Gasteiger partial charge in [0.2, 0.25) is 5.91 Å². The molecule has 0 unspecified atom stereocenters. The second-order valence-corrected chi connectivity index (χ2v) is 8.27. The van der Waals surface area contributed by atoms with E-state index in [0.29, 0.717) is 33.7 Å². The molecule has 0 aliphatic heterocycles. The number of halogens is 1. The molecule has 2 N–H and O–H groups in total. The number of nitrogens with zero attached hydrogens (tertiary/aromatic N) is 3. The molecule has 0 aliphatic carbocycles. The lowest BCUT2D eigenvalue weighted by molar-refractivity contribution is -0.113. The van der Waals surface area contributed by atoms with Crippen molar-refractivity contribution in [3.05, 3.63) is 96.1 Å². The summed E-state index contributed by atoms with van der Waals surface area (Å²) in [5.74, 6) is 0.339. The third-order valence-electron chi connectivity index (χ3n) is 4.93. The molecular formula is C25H22FN5O3S. The van der Waals surface area contributed by atoms with E-state index in [4.69, 9.17) is 4.74 Å². The van der Waals surface area contributed by atoms with E-state index in [1.165, 1.54) is 23.9 Å². The van der Waals surface area contributed by atoms with Gasteiger partial charge in [0.1, 0.15) is 11.6 Å². The molecule has 4 aromatic rings. The normalized spacial score (nSPS) is 10.6. The van der Waals surface area contributed by atoms with Gasteiger partial charge in [-0.25, -0.2) is 4.39 Å². The summed E-state index contributed by atoms with van der Waals surface area (Å²) >= 11 is 1.18. The molecule has 0 saturated carbocycles. The maximum Gasteiger partial charge on any atom is 0.251 e. The minimum atomic E-state index is -0.381. The van der Waals surface area contributed by atoms with Crippen LogP contribution in [0.15, 0.2) is 84.0 Å². The van der Waals surface area contributed by atoms with Crippen LogP contribution in [-0.2, 0) is 11.3 Å². The van der Waals surface area contributed by atoms with E-state index in [9.17, 15) is 14.0 Å². The van der Waals surface area contributed by atoms with Crippen LogP contribution in [0.25, 0.3) is 5.69 Å². The van der Waals surface area contributed by atoms with E-state index >= 15 is 0 Å². The minimum absolute atomic E-state index is 0.0712. The Morgan fingerprint density at radius 3 is 2.37 bits per heavy atom. The van der Waals surface area contributed by atoms with Gasteiger partial charge < -0.3 is 15.4 Å². The predicted octanol–water partition coefficient (Wildman–Crippen LogP) is 4.08. The van der Waals surface area contributed by atoms with Crippen LogP contribution in [0.2, 0.25) is 0 Å². The Labute approximate surface area is 205 Å². The van der Waals surface area contributed by atoms with Crippen LogP contribution < -0.4 is 15.4 Å². The van der Waals surface area contributed by atoms with Crippen LogP contribution in [0.1, 0.15) is 16.2 Å². The number of benzene rings is 3. The standard InChI is InChI=1S/C25H22FN5O3S/c1-34-21-13-9-19(10-14-21)28-23(32)16-35-25-30-29-22(31(25)20-11-7-18(26)8-12-20)15-27-24(33)17-5-3-2-4-6-17/h2-14H,15-16H2,1H3,(H,27,33)(H,28,32). The number of rotatable bonds is 9. The average Bonchev–Trinajstić information content (AvgIpc) is 3.30. The number of methoxy groups -OCH3 is 1. The van der Waals surface area contributed by atoms with Gasteiger partial charge in [0.25, 0.3) is 5.91 Å². The predicted molar refractivity (Wildman–Crippen MR) is 131 cm³/mol. The SMILES string of the molecule is COc1ccc(NC(=O)CSc2nnc(CNC(=O)c3ccccc3)n2-c2ccc(F)cc2)cc1. The lowest BCUT2D eigenvalue weighted by Crippen LogP contribution is -2.24. The van der Waals surface area contributed by atoms with Crippen LogP contribution in [0, 0.1) is 5.82 Å². The molecule has 10 heteroatoms. The molecule has 0 radical (unpaired) electrons. The summed E-state index contributed by atoms with van der Waals surface area (Å²) in [6.07, 6.45) is 0. The van der Waals surface area contributed by atoms with Crippen molar-refractivity contribution in [1.29, 1.82) is 0 Å². The summed E-state index contributed by atoms with van der Waals surface area (Å²) in [7, 11) is 1.57. The van der Waals surface area contributed by atoms with Crippen LogP contribution in [0.4, 0.5) is 10.1 Å². The fraction of sp³-hybridized carbons (Fsp3) is 0.120. The number of carbonyl (C=O) groups is 2. The van der Waals surface area contributed by atoms with Crippen molar-refractivity contribution < 1.29 is 18.7 Å². The highest BCUT2D eigenvalue weighted by Gasteiger charge is 2.17. The molecule has 35 heavy (non-hydrogen) atoms. The van der Waals surface area contributed by atoms with Crippen LogP contribution in [0.5, 0.6) is 5.75 Å². The van der Waals surface area contributed by atoms with Crippen LogP contribution in [-0.4, -0.2) is 39.4 Å². The number of ether oxygens (including phenoxy) is 1. The van der Waals surface area contributed by atoms with Gasteiger partial charge in [0, 0.05) is 16.9 Å². The summed E-state index contributed by atoms with van der Waals surface area (Å²) in [6, 6.07) is 21.6. The number of carbonyl (C=O) groups excluding carboxylic acids is 2. The molecule has 4 rings (SSSR count). The number of thioether (sulfide) groups is 1. The monoisotopic (exact) mass is 491 g/mol. The third kappa shape index (κ3) is 6.24. The van der Waals surface area contributed by atoms with Crippen LogP contribution >= 0.6 is 11.8 Å². The van der Waals surface area contributed by atoms with Gasteiger partial charge in [-0.05, 0) is 60.7 Å². The number of aromatic nitrogens is 3. The first-order valence-corrected chi connectivity index (χ1v) is 11.6. The van der Waals surface area contributed by atoms with Gasteiger partial charge in [-0.3, -0.25) is 14.2 Å². The van der Waals surface area contributed by atoms with E-state index in [1.54, 1.807) is 72.3 Å². The summed E-state index contributed by atoms with van der Waals surface area (Å²) < 4.78 is 20.3. The largest absolute Gasteiger partial charge is 0.497 e. The third-order valence-corrected chi connectivity index (χ3v) is 5.86. The second kappa shape index (κ2) is 11.3. The van der Waals surface area contributed by atoms with Crippen molar-refractivity contribution in [2.24, 2.45) is 0 Å². The second-order valence-electron chi connectivity index (χ2n) is 7.32. The number of amides is 2. The van der Waals surface area contributed by atoms with Gasteiger partial charge >= 0.3 is 0 Å². The van der Waals surface area contributed by atoms with E-state index in [1.807, 2.05) is 6.07 Å². The topological polar surface area (TPSA) is 98.1 Å². The van der Waals surface area contributed by atoms with Gasteiger partial charge in [0.15, 0.2) is 11.0 Å². The average molecular weight is 492 g/mol. The molecule has 178 valence electrons. The molecular weight excluding hydrogens is 469 g/mol. The van der Waals surface area contributed by atoms with Gasteiger partial charge in [-0.15, -0.1) is 10.2 Å². The Morgan fingerprint density at radius 1 is 0.971 bits per heavy atom. The summed E-state index contributed by atoms with van der Waals surface area (Å²) in [5.41, 5.74) is 1.77. The van der Waals surface area contributed by atoms with Gasteiger partial charge in [-0.2, -0.15) is 0 Å². The zero-order valence-electron chi connectivity index (χ0n) is 18.8. The number of hydrogen-bond acceptors (Lipinski definition) is 6. The lowest BCUT2D eigenvalue weighted by Gasteiger charge is -2.11. The van der Waals surface area contributed by atoms with Crippen molar-refractivity contribution in [1.82, 2.24) is 20.1 Å². The summed E-state index contributed by atoms with van der Waals surface area (Å²) in [6.45, 7) is 0.0940. The summed E-state index contributed by atoms with van der Waals surface area (Å²) in [4.78, 5) is 24.9. The van der Waals surface area contributed by atoms with E-state index in [-0.39, 0.29) is 29.9 Å². The first-order chi connectivity index (χ1) is 17.0. The van der Waals surface area contributed by atoms with Crippen molar-refractivity contribution in [3.63, 3.8) is 0 Å². The maximum atomic E-state index is 13.5. The van der Waals surface area contributed by atoms with Gasteiger partial charge in [-0.1, -0.05) is 30.0 Å². The molecule has 0 atom stereocenters. The van der Waals surface area contributed by atoms with Crippen molar-refractivity contribution in [2.45, 2.75) is 11.7 Å². The molecule has 1 heterocycles. The molecule has 1 aromatic heterocycles. The highest BCUT2D eigenvalue weighted by Crippen LogP contribution is 2.23. The molecule has 8 nitrogen and oxygen atoms in total. The summed E-state index contributed by atoms with van der Waals surface area (Å²) in [5, 5.41) is 14.5. The van der Waals surface area contributed by atoms with E-state index in [0.717, 1.165) is 0 Å². The zero-order valence-corrected chi connectivity index (χ0v) is 19.6. The lowest BCUT2D eigenvalue weighted by atomic mass is 10.2. The molecule has 0 saturated heterocycles. The fourth-order valence-corrected chi connectivity index (χ4v) is 3.98. The van der Waals surface area contributed by atoms with Gasteiger partial charge in [0.05, 0.1) is 19.4 Å². The molecule has 0 spiro atoms. The molecule has 0 fully saturated rings. The number of hydrogen-bond donors (Lipinski definition) is 2. The molecule has 0 bridgehead atoms. The molecule has 0 aliphatic rings. The number of nitrogens with one attached hydrogen (secondary N) is 2. The Hall–Kier alpha value is -4.18. The quantitative estimate of drug-likeness (QED) is 0.343. The van der Waals surface area contributed by atoms with Crippen LogP contribution in [0.3, 0.4) is 0 Å².